The second-order valence-corrected chi connectivity index (χ2v) is 6.67. The molecule has 0 radical (unpaired) electrons. The Bertz CT molecular complexity index is 1300. The fourth-order valence-corrected chi connectivity index (χ4v) is 3.20. The Morgan fingerprint density at radius 1 is 0.871 bits per heavy atom. The molecule has 3 aromatic carbocycles. The van der Waals surface area contributed by atoms with Crippen molar-refractivity contribution in [3.05, 3.63) is 93.0 Å². The van der Waals surface area contributed by atoms with Gasteiger partial charge in [0.1, 0.15) is 12.4 Å². The topological polar surface area (TPSA) is 133 Å². The molecule has 1 heterocycles. The van der Waals surface area contributed by atoms with Crippen molar-refractivity contribution >= 4 is 34.0 Å². The van der Waals surface area contributed by atoms with Crippen molar-refractivity contribution in [3.8, 4) is 11.4 Å². The van der Waals surface area contributed by atoms with Crippen molar-refractivity contribution in [1.29, 1.82) is 0 Å². The number of aromatic nitrogens is 2. The van der Waals surface area contributed by atoms with Gasteiger partial charge in [0.05, 0.1) is 20.9 Å². The number of nitrogens with zero attached hydrogens (tertiary/aromatic N) is 4. The van der Waals surface area contributed by atoms with Gasteiger partial charge in [-0.25, -0.2) is 4.98 Å². The summed E-state index contributed by atoms with van der Waals surface area (Å²) in [5.74, 6) is 0.148. The van der Waals surface area contributed by atoms with Gasteiger partial charge in [0, 0.05) is 35.5 Å². The van der Waals surface area contributed by atoms with Crippen molar-refractivity contribution in [3.63, 3.8) is 0 Å². The molecule has 10 nitrogen and oxygen atoms in total. The molecule has 4 rings (SSSR count). The first-order valence-corrected chi connectivity index (χ1v) is 9.17. The average molecular weight is 417 g/mol. The lowest BCUT2D eigenvalue weighted by molar-refractivity contribution is -0.385. The summed E-state index contributed by atoms with van der Waals surface area (Å²) in [5.41, 5.74) is 2.36. The minimum Gasteiger partial charge on any atom is -0.325 e. The number of carbonyl (C=O) groups excluding carboxylic acids is 1. The van der Waals surface area contributed by atoms with E-state index in [2.05, 4.69) is 10.3 Å². The Hall–Kier alpha value is -4.60. The minimum absolute atomic E-state index is 0.0395. The standard InChI is InChI=1S/C21H15N5O5/c27-20(22-15-7-11-17(12-8-15)26(30)31)13-24-19-4-2-1-3-18(19)23-21(24)14-5-9-16(10-6-14)25(28)29/h1-12H,13H2,(H,22,27). The van der Waals surface area contributed by atoms with Crippen LogP contribution in [0.5, 0.6) is 0 Å². The number of rotatable bonds is 6. The summed E-state index contributed by atoms with van der Waals surface area (Å²) in [6, 6.07) is 18.8. The van der Waals surface area contributed by atoms with E-state index in [0.717, 1.165) is 5.52 Å². The number of imidazole rings is 1. The van der Waals surface area contributed by atoms with Crippen LogP contribution in [0.15, 0.2) is 72.8 Å². The quantitative estimate of drug-likeness (QED) is 0.370. The highest BCUT2D eigenvalue weighted by Crippen LogP contribution is 2.26. The summed E-state index contributed by atoms with van der Waals surface area (Å²) in [7, 11) is 0. The normalized spacial score (nSPS) is 10.7. The van der Waals surface area contributed by atoms with Gasteiger partial charge in [0.2, 0.25) is 5.91 Å². The molecule has 154 valence electrons. The summed E-state index contributed by atoms with van der Waals surface area (Å²) in [6.07, 6.45) is 0. The van der Waals surface area contributed by atoms with Crippen molar-refractivity contribution in [2.45, 2.75) is 6.54 Å². The molecule has 0 atom stereocenters. The number of para-hydroxylation sites is 2. The molecule has 1 N–H and O–H groups in total. The zero-order valence-corrected chi connectivity index (χ0v) is 16.0. The molecule has 0 aliphatic heterocycles. The molecule has 1 amide bonds. The molecule has 4 aromatic rings. The number of nitro groups is 2. The Morgan fingerprint density at radius 2 is 1.45 bits per heavy atom. The third-order valence-electron chi connectivity index (χ3n) is 4.65. The first-order valence-electron chi connectivity index (χ1n) is 9.17. The van der Waals surface area contributed by atoms with E-state index in [0.29, 0.717) is 22.6 Å². The van der Waals surface area contributed by atoms with E-state index in [1.807, 2.05) is 24.3 Å². The molecule has 0 saturated carbocycles. The van der Waals surface area contributed by atoms with Crippen molar-refractivity contribution in [2.75, 3.05) is 5.32 Å². The maximum Gasteiger partial charge on any atom is 0.269 e. The fraction of sp³-hybridized carbons (Fsp3) is 0.0476. The number of fused-ring (bicyclic) bond motifs is 1. The summed E-state index contributed by atoms with van der Waals surface area (Å²) in [4.78, 5) is 38.0. The summed E-state index contributed by atoms with van der Waals surface area (Å²) in [6.45, 7) is -0.0657. The molecule has 0 fully saturated rings. The molecule has 0 saturated heterocycles. The van der Waals surface area contributed by atoms with E-state index < -0.39 is 9.85 Å². The van der Waals surface area contributed by atoms with Gasteiger partial charge in [-0.05, 0) is 36.4 Å². The van der Waals surface area contributed by atoms with E-state index in [1.165, 1.54) is 36.4 Å². The minimum atomic E-state index is -0.514. The second-order valence-electron chi connectivity index (χ2n) is 6.67. The first-order chi connectivity index (χ1) is 14.9. The number of non-ortho nitro benzene ring substituents is 2. The molecule has 0 bridgehead atoms. The van der Waals surface area contributed by atoms with Gasteiger partial charge in [-0.15, -0.1) is 0 Å². The third kappa shape index (κ3) is 4.08. The van der Waals surface area contributed by atoms with Crippen LogP contribution < -0.4 is 5.32 Å². The number of nitrogens with one attached hydrogen (secondary N) is 1. The highest BCUT2D eigenvalue weighted by molar-refractivity contribution is 5.92. The lowest BCUT2D eigenvalue weighted by Crippen LogP contribution is -2.19. The Labute approximate surface area is 175 Å². The Balaban J connectivity index is 1.64. The summed E-state index contributed by atoms with van der Waals surface area (Å²) < 4.78 is 1.72. The van der Waals surface area contributed by atoms with Crippen LogP contribution in [0.25, 0.3) is 22.4 Å². The molecule has 31 heavy (non-hydrogen) atoms. The fourth-order valence-electron chi connectivity index (χ4n) is 3.20. The van der Waals surface area contributed by atoms with Crippen LogP contribution in [-0.2, 0) is 11.3 Å². The van der Waals surface area contributed by atoms with Crippen LogP contribution in [0, 0.1) is 20.2 Å². The molecule has 0 spiro atoms. The average Bonchev–Trinajstić information content (AvgIpc) is 3.12. The Morgan fingerprint density at radius 3 is 2.06 bits per heavy atom. The summed E-state index contributed by atoms with van der Waals surface area (Å²) in [5, 5.41) is 24.4. The number of nitro benzene ring substituents is 2. The molecule has 10 heteroatoms. The molecule has 0 aliphatic carbocycles. The highest BCUT2D eigenvalue weighted by atomic mass is 16.6. The number of hydrogen-bond acceptors (Lipinski definition) is 6. The number of anilines is 1. The van der Waals surface area contributed by atoms with Crippen molar-refractivity contribution in [2.24, 2.45) is 0 Å². The highest BCUT2D eigenvalue weighted by Gasteiger charge is 2.16. The third-order valence-corrected chi connectivity index (χ3v) is 4.65. The smallest absolute Gasteiger partial charge is 0.269 e. The molecular weight excluding hydrogens is 402 g/mol. The summed E-state index contributed by atoms with van der Waals surface area (Å²) >= 11 is 0. The lowest BCUT2D eigenvalue weighted by Gasteiger charge is -2.10. The lowest BCUT2D eigenvalue weighted by atomic mass is 10.2. The second kappa shape index (κ2) is 8.03. The zero-order valence-electron chi connectivity index (χ0n) is 16.0. The van der Waals surface area contributed by atoms with Gasteiger partial charge in [0.15, 0.2) is 0 Å². The van der Waals surface area contributed by atoms with Crippen LogP contribution in [0.1, 0.15) is 0 Å². The van der Waals surface area contributed by atoms with Crippen molar-refractivity contribution in [1.82, 2.24) is 9.55 Å². The van der Waals surface area contributed by atoms with Gasteiger partial charge >= 0.3 is 0 Å². The number of hydrogen-bond donors (Lipinski definition) is 1. The maximum absolute atomic E-state index is 12.7. The van der Waals surface area contributed by atoms with Gasteiger partial charge in [-0.3, -0.25) is 25.0 Å². The SMILES string of the molecule is O=C(Cn1c(-c2ccc([N+](=O)[O-])cc2)nc2ccccc21)Nc1ccc([N+](=O)[O-])cc1. The molecule has 1 aromatic heterocycles. The largest absolute Gasteiger partial charge is 0.325 e. The van der Waals surface area contributed by atoms with Crippen LogP contribution in [0.4, 0.5) is 17.1 Å². The molecule has 0 unspecified atom stereocenters. The molecular formula is C21H15N5O5. The van der Waals surface area contributed by atoms with Crippen LogP contribution in [0.3, 0.4) is 0 Å². The van der Waals surface area contributed by atoms with Crippen LogP contribution in [-0.4, -0.2) is 25.3 Å². The number of carbonyl (C=O) groups is 1. The number of benzene rings is 3. The van der Waals surface area contributed by atoms with Crippen LogP contribution in [0.2, 0.25) is 0 Å². The predicted octanol–water partition coefficient (Wildman–Crippen LogP) is 4.16. The first kappa shape index (κ1) is 19.7. The van der Waals surface area contributed by atoms with Crippen LogP contribution >= 0.6 is 0 Å². The van der Waals surface area contributed by atoms with E-state index in [1.54, 1.807) is 16.7 Å². The predicted molar refractivity (Wildman–Crippen MR) is 114 cm³/mol. The van der Waals surface area contributed by atoms with Gasteiger partial charge in [-0.2, -0.15) is 0 Å². The Kier molecular flexibility index (Phi) is 5.10. The van der Waals surface area contributed by atoms with Gasteiger partial charge in [-0.1, -0.05) is 12.1 Å². The molecule has 0 aliphatic rings. The van der Waals surface area contributed by atoms with E-state index in [9.17, 15) is 25.0 Å². The number of amides is 1. The van der Waals surface area contributed by atoms with Gasteiger partial charge in [0.25, 0.3) is 11.4 Å². The zero-order chi connectivity index (χ0) is 22.0. The van der Waals surface area contributed by atoms with E-state index in [-0.39, 0.29) is 23.8 Å². The van der Waals surface area contributed by atoms with E-state index >= 15 is 0 Å². The van der Waals surface area contributed by atoms with E-state index in [4.69, 9.17) is 0 Å². The maximum atomic E-state index is 12.7. The van der Waals surface area contributed by atoms with Gasteiger partial charge < -0.3 is 9.88 Å². The van der Waals surface area contributed by atoms with Crippen molar-refractivity contribution < 1.29 is 14.6 Å². The monoisotopic (exact) mass is 417 g/mol.